The number of amides is 1. The van der Waals surface area contributed by atoms with Crippen LogP contribution in [0.25, 0.3) is 33.8 Å². The predicted molar refractivity (Wildman–Crippen MR) is 137 cm³/mol. The zero-order valence-corrected chi connectivity index (χ0v) is 19.2. The second-order valence-electron chi connectivity index (χ2n) is 7.61. The van der Waals surface area contributed by atoms with Gasteiger partial charge in [-0.15, -0.1) is 0 Å². The third-order valence-electron chi connectivity index (χ3n) is 5.39. The van der Waals surface area contributed by atoms with E-state index in [0.717, 1.165) is 34.3 Å². The molecule has 0 radical (unpaired) electrons. The standard InChI is InChI=1S/C26H21N3OS2/c1-2-14-28-25(30)23(32-26(28)31)16-21-17-29(22-10-4-3-5-11-22)27-24(21)20-13-12-18-8-6-7-9-19(18)15-20/h3-13,15-17H,2,14H2,1H3/b23-16+. The SMILES string of the molecule is CCCN1C(=O)/C(=C\c2cn(-c3ccccc3)nc2-c2ccc3ccccc3c2)SC1=S. The molecule has 0 atom stereocenters. The topological polar surface area (TPSA) is 38.1 Å². The van der Waals surface area contributed by atoms with Crippen LogP contribution in [0.2, 0.25) is 0 Å². The summed E-state index contributed by atoms with van der Waals surface area (Å²) in [6, 6.07) is 24.6. The largest absolute Gasteiger partial charge is 0.293 e. The molecule has 1 saturated heterocycles. The van der Waals surface area contributed by atoms with Crippen LogP contribution in [-0.2, 0) is 4.79 Å². The number of thiocarbonyl (C=S) groups is 1. The average molecular weight is 456 g/mol. The van der Waals surface area contributed by atoms with Gasteiger partial charge in [-0.05, 0) is 41.5 Å². The lowest BCUT2D eigenvalue weighted by molar-refractivity contribution is -0.122. The van der Waals surface area contributed by atoms with E-state index in [-0.39, 0.29) is 5.91 Å². The van der Waals surface area contributed by atoms with Crippen LogP contribution < -0.4 is 0 Å². The molecule has 2 heterocycles. The van der Waals surface area contributed by atoms with E-state index in [1.807, 2.05) is 66.3 Å². The highest BCUT2D eigenvalue weighted by atomic mass is 32.2. The Morgan fingerprint density at radius 3 is 2.53 bits per heavy atom. The van der Waals surface area contributed by atoms with Gasteiger partial charge in [0.25, 0.3) is 5.91 Å². The van der Waals surface area contributed by atoms with Crippen molar-refractivity contribution in [1.29, 1.82) is 0 Å². The first-order valence-electron chi connectivity index (χ1n) is 10.5. The Morgan fingerprint density at radius 1 is 1.00 bits per heavy atom. The second kappa shape index (κ2) is 8.73. The van der Waals surface area contributed by atoms with Crippen LogP contribution in [0.4, 0.5) is 0 Å². The van der Waals surface area contributed by atoms with Gasteiger partial charge in [-0.25, -0.2) is 4.68 Å². The van der Waals surface area contributed by atoms with Crippen molar-refractivity contribution in [1.82, 2.24) is 14.7 Å². The van der Waals surface area contributed by atoms with Gasteiger partial charge in [0.1, 0.15) is 10.0 Å². The Balaban J connectivity index is 1.63. The molecule has 5 rings (SSSR count). The van der Waals surface area contributed by atoms with Crippen molar-refractivity contribution in [3.63, 3.8) is 0 Å². The van der Waals surface area contributed by atoms with Gasteiger partial charge < -0.3 is 0 Å². The number of carbonyl (C=O) groups excluding carboxylic acids is 1. The molecule has 4 nitrogen and oxygen atoms in total. The van der Waals surface area contributed by atoms with E-state index in [2.05, 4.69) is 30.3 Å². The van der Waals surface area contributed by atoms with Crippen LogP contribution in [0.3, 0.4) is 0 Å². The van der Waals surface area contributed by atoms with Crippen molar-refractivity contribution in [3.05, 3.63) is 89.5 Å². The normalized spacial score (nSPS) is 15.3. The fourth-order valence-corrected chi connectivity index (χ4v) is 5.12. The molecule has 3 aromatic carbocycles. The lowest BCUT2D eigenvalue weighted by Gasteiger charge is -2.11. The van der Waals surface area contributed by atoms with Crippen molar-refractivity contribution in [3.8, 4) is 16.9 Å². The molecular formula is C26H21N3OS2. The summed E-state index contributed by atoms with van der Waals surface area (Å²) >= 11 is 6.80. The fourth-order valence-electron chi connectivity index (χ4n) is 3.82. The van der Waals surface area contributed by atoms with E-state index >= 15 is 0 Å². The smallest absolute Gasteiger partial charge is 0.266 e. The number of aromatic nitrogens is 2. The van der Waals surface area contributed by atoms with Gasteiger partial charge in [0, 0.05) is 23.9 Å². The van der Waals surface area contributed by atoms with Crippen molar-refractivity contribution in [2.75, 3.05) is 6.54 Å². The van der Waals surface area contributed by atoms with Crippen LogP contribution in [-0.4, -0.2) is 31.5 Å². The lowest BCUT2D eigenvalue weighted by Crippen LogP contribution is -2.28. The van der Waals surface area contributed by atoms with Gasteiger partial charge in [0.15, 0.2) is 0 Å². The number of hydrogen-bond donors (Lipinski definition) is 0. The van der Waals surface area contributed by atoms with E-state index in [0.29, 0.717) is 15.8 Å². The molecule has 1 aliphatic rings. The first-order chi connectivity index (χ1) is 15.6. The Bertz CT molecular complexity index is 1360. The lowest BCUT2D eigenvalue weighted by atomic mass is 10.0. The van der Waals surface area contributed by atoms with Crippen molar-refractivity contribution in [2.24, 2.45) is 0 Å². The minimum atomic E-state index is -0.0289. The number of thioether (sulfide) groups is 1. The molecule has 6 heteroatoms. The van der Waals surface area contributed by atoms with Gasteiger partial charge in [-0.2, -0.15) is 5.10 Å². The van der Waals surface area contributed by atoms with Crippen molar-refractivity contribution >= 4 is 51.1 Å². The van der Waals surface area contributed by atoms with E-state index in [1.54, 1.807) is 4.90 Å². The number of nitrogens with zero attached hydrogens (tertiary/aromatic N) is 3. The van der Waals surface area contributed by atoms with E-state index in [9.17, 15) is 4.79 Å². The summed E-state index contributed by atoms with van der Waals surface area (Å²) < 4.78 is 2.48. The third kappa shape index (κ3) is 3.87. The maximum atomic E-state index is 12.9. The molecule has 0 unspecified atom stereocenters. The van der Waals surface area contributed by atoms with Crippen molar-refractivity contribution in [2.45, 2.75) is 13.3 Å². The second-order valence-corrected chi connectivity index (χ2v) is 9.28. The van der Waals surface area contributed by atoms with Gasteiger partial charge in [0.2, 0.25) is 0 Å². The van der Waals surface area contributed by atoms with Gasteiger partial charge in [0.05, 0.1) is 10.6 Å². The zero-order chi connectivity index (χ0) is 22.1. The molecule has 1 aromatic heterocycles. The molecule has 1 aliphatic heterocycles. The van der Waals surface area contributed by atoms with E-state index in [1.165, 1.54) is 17.1 Å². The number of rotatable bonds is 5. The minimum Gasteiger partial charge on any atom is -0.293 e. The summed E-state index contributed by atoms with van der Waals surface area (Å²) in [6.07, 6.45) is 4.77. The molecule has 0 spiro atoms. The van der Waals surface area contributed by atoms with Crippen LogP contribution >= 0.6 is 24.0 Å². The molecule has 0 aliphatic carbocycles. The van der Waals surface area contributed by atoms with E-state index < -0.39 is 0 Å². The molecular weight excluding hydrogens is 434 g/mol. The van der Waals surface area contributed by atoms with E-state index in [4.69, 9.17) is 17.3 Å². The summed E-state index contributed by atoms with van der Waals surface area (Å²) in [5, 5.41) is 7.24. The van der Waals surface area contributed by atoms with Crippen LogP contribution in [0.1, 0.15) is 18.9 Å². The molecule has 1 amide bonds. The highest BCUT2D eigenvalue weighted by molar-refractivity contribution is 8.26. The fraction of sp³-hybridized carbons (Fsp3) is 0.115. The first-order valence-corrected chi connectivity index (χ1v) is 11.8. The number of hydrogen-bond acceptors (Lipinski definition) is 4. The van der Waals surface area contributed by atoms with Gasteiger partial charge in [-0.3, -0.25) is 9.69 Å². The summed E-state index contributed by atoms with van der Waals surface area (Å²) in [5.41, 5.74) is 3.70. The maximum Gasteiger partial charge on any atom is 0.266 e. The van der Waals surface area contributed by atoms with Crippen LogP contribution in [0.5, 0.6) is 0 Å². The van der Waals surface area contributed by atoms with Crippen molar-refractivity contribution < 1.29 is 4.79 Å². The Morgan fingerprint density at radius 2 is 1.75 bits per heavy atom. The Kier molecular flexibility index (Phi) is 5.64. The van der Waals surface area contributed by atoms with Crippen LogP contribution in [0.15, 0.2) is 83.9 Å². The molecule has 0 saturated carbocycles. The molecule has 0 bridgehead atoms. The Hall–Kier alpha value is -3.22. The number of para-hydroxylation sites is 1. The molecule has 0 N–H and O–H groups in total. The molecule has 1 fully saturated rings. The zero-order valence-electron chi connectivity index (χ0n) is 17.6. The maximum absolute atomic E-state index is 12.9. The van der Waals surface area contributed by atoms with Gasteiger partial charge >= 0.3 is 0 Å². The van der Waals surface area contributed by atoms with Crippen LogP contribution in [0, 0.1) is 0 Å². The predicted octanol–water partition coefficient (Wildman–Crippen LogP) is 6.30. The number of benzene rings is 3. The summed E-state index contributed by atoms with van der Waals surface area (Å²) in [7, 11) is 0. The highest BCUT2D eigenvalue weighted by Gasteiger charge is 2.31. The Labute approximate surface area is 196 Å². The molecule has 158 valence electrons. The molecule has 4 aromatic rings. The number of carbonyl (C=O) groups is 1. The summed E-state index contributed by atoms with van der Waals surface area (Å²) in [4.78, 5) is 15.3. The third-order valence-corrected chi connectivity index (χ3v) is 6.77. The first kappa shape index (κ1) is 20.7. The average Bonchev–Trinajstić information content (AvgIpc) is 3.36. The number of fused-ring (bicyclic) bond motifs is 1. The van der Waals surface area contributed by atoms with Gasteiger partial charge in [-0.1, -0.05) is 85.5 Å². The minimum absolute atomic E-state index is 0.0289. The molecule has 32 heavy (non-hydrogen) atoms. The summed E-state index contributed by atoms with van der Waals surface area (Å²) in [5.74, 6) is -0.0289. The monoisotopic (exact) mass is 455 g/mol. The quantitative estimate of drug-likeness (QED) is 0.261. The summed E-state index contributed by atoms with van der Waals surface area (Å²) in [6.45, 7) is 2.69. The highest BCUT2D eigenvalue weighted by Crippen LogP contribution is 2.35.